The average molecular weight is 156 g/mol. The predicted molar refractivity (Wildman–Crippen MR) is 32.9 cm³/mol. The van der Waals surface area contributed by atoms with Crippen molar-refractivity contribution in [1.82, 2.24) is 0 Å². The Hall–Kier alpha value is -1.32. The van der Waals surface area contributed by atoms with Crippen molar-refractivity contribution in [3.63, 3.8) is 0 Å². The van der Waals surface area contributed by atoms with Crippen LogP contribution < -0.4 is 10.2 Å². The lowest BCUT2D eigenvalue weighted by Crippen LogP contribution is -2.43. The first kappa shape index (κ1) is 9.68. The molecular formula is C7H8O4-2. The van der Waals surface area contributed by atoms with E-state index in [2.05, 4.69) is 6.58 Å². The van der Waals surface area contributed by atoms with Crippen LogP contribution in [0.3, 0.4) is 0 Å². The predicted octanol–water partition coefficient (Wildman–Crippen LogP) is -1.93. The molecule has 0 aromatic carbocycles. The summed E-state index contributed by atoms with van der Waals surface area (Å²) in [6, 6.07) is 0. The molecule has 0 aliphatic rings. The molecule has 0 unspecified atom stereocenters. The van der Waals surface area contributed by atoms with E-state index < -0.39 is 17.9 Å². The van der Waals surface area contributed by atoms with Gasteiger partial charge in [0.1, 0.15) is 0 Å². The maximum atomic E-state index is 10.1. The molecular weight excluding hydrogens is 148 g/mol. The highest BCUT2D eigenvalue weighted by atomic mass is 16.4. The average Bonchev–Trinajstić information content (AvgIpc) is 1.87. The zero-order valence-corrected chi connectivity index (χ0v) is 5.91. The van der Waals surface area contributed by atoms with E-state index >= 15 is 0 Å². The van der Waals surface area contributed by atoms with Gasteiger partial charge in [0.05, 0.1) is 11.9 Å². The second-order valence-electron chi connectivity index (χ2n) is 2.06. The van der Waals surface area contributed by atoms with Crippen molar-refractivity contribution < 1.29 is 19.8 Å². The highest BCUT2D eigenvalue weighted by Crippen LogP contribution is 2.04. The van der Waals surface area contributed by atoms with Gasteiger partial charge in [0, 0.05) is 5.92 Å². The van der Waals surface area contributed by atoms with E-state index in [0.717, 1.165) is 0 Å². The third-order valence-corrected chi connectivity index (χ3v) is 1.23. The summed E-state index contributed by atoms with van der Waals surface area (Å²) >= 11 is 0. The summed E-state index contributed by atoms with van der Waals surface area (Å²) in [5.74, 6) is -4.73. The summed E-state index contributed by atoms with van der Waals surface area (Å²) in [5, 5.41) is 20.2. The maximum Gasteiger partial charge on any atom is 0.0501 e. The number of carboxylic acid groups (broad SMARTS) is 2. The van der Waals surface area contributed by atoms with Gasteiger partial charge in [0.2, 0.25) is 0 Å². The summed E-state index contributed by atoms with van der Waals surface area (Å²) in [7, 11) is 0. The Morgan fingerprint density at radius 2 is 1.82 bits per heavy atom. The molecule has 4 heteroatoms. The summed E-state index contributed by atoms with van der Waals surface area (Å²) in [6.45, 7) is 3.32. The van der Waals surface area contributed by atoms with E-state index in [1.807, 2.05) is 0 Å². The molecule has 11 heavy (non-hydrogen) atoms. The number of carbonyl (C=O) groups excluding carboxylic acids is 2. The third-order valence-electron chi connectivity index (χ3n) is 1.23. The Balaban J connectivity index is 4.00. The number of carbonyl (C=O) groups is 2. The molecule has 0 saturated carbocycles. The first-order valence-electron chi connectivity index (χ1n) is 3.12. The Morgan fingerprint density at radius 3 is 2.09 bits per heavy atom. The first-order chi connectivity index (χ1) is 5.09. The van der Waals surface area contributed by atoms with Crippen LogP contribution in [-0.2, 0) is 9.59 Å². The smallest absolute Gasteiger partial charge is 0.0501 e. The van der Waals surface area contributed by atoms with Gasteiger partial charge in [-0.1, -0.05) is 6.08 Å². The van der Waals surface area contributed by atoms with E-state index in [1.165, 1.54) is 6.08 Å². The van der Waals surface area contributed by atoms with Gasteiger partial charge in [0.25, 0.3) is 0 Å². The largest absolute Gasteiger partial charge is 0.549 e. The number of hydrogen-bond acceptors (Lipinski definition) is 4. The van der Waals surface area contributed by atoms with Gasteiger partial charge < -0.3 is 19.8 Å². The molecule has 4 nitrogen and oxygen atoms in total. The lowest BCUT2D eigenvalue weighted by Gasteiger charge is -2.17. The molecule has 0 aromatic rings. The third kappa shape index (κ3) is 3.40. The SMILES string of the molecule is C=CCCC(C(=O)[O-])C(=O)[O-]. The van der Waals surface area contributed by atoms with Crippen molar-refractivity contribution >= 4 is 11.9 Å². The van der Waals surface area contributed by atoms with Crippen molar-refractivity contribution in [1.29, 1.82) is 0 Å². The minimum absolute atomic E-state index is 0.0197. The van der Waals surface area contributed by atoms with Crippen molar-refractivity contribution in [2.45, 2.75) is 12.8 Å². The van der Waals surface area contributed by atoms with Crippen LogP contribution in [0.15, 0.2) is 12.7 Å². The Kier molecular flexibility index (Phi) is 3.95. The Morgan fingerprint density at radius 1 is 1.36 bits per heavy atom. The van der Waals surface area contributed by atoms with Gasteiger partial charge in [-0.3, -0.25) is 0 Å². The van der Waals surface area contributed by atoms with Gasteiger partial charge in [-0.2, -0.15) is 0 Å². The lowest BCUT2D eigenvalue weighted by atomic mass is 10.0. The van der Waals surface area contributed by atoms with Crippen LogP contribution in [0.1, 0.15) is 12.8 Å². The fourth-order valence-electron chi connectivity index (χ4n) is 0.616. The number of carboxylic acids is 2. The molecule has 62 valence electrons. The van der Waals surface area contributed by atoms with E-state index in [4.69, 9.17) is 0 Å². The van der Waals surface area contributed by atoms with Crippen molar-refractivity contribution in [2.75, 3.05) is 0 Å². The normalized spacial score (nSPS) is 9.55. The van der Waals surface area contributed by atoms with Gasteiger partial charge in [-0.15, -0.1) is 6.58 Å². The van der Waals surface area contributed by atoms with Crippen LogP contribution in [0.5, 0.6) is 0 Å². The summed E-state index contributed by atoms with van der Waals surface area (Å²) in [5.41, 5.74) is 0. The number of rotatable bonds is 5. The highest BCUT2D eigenvalue weighted by molar-refractivity contribution is 5.90. The second-order valence-corrected chi connectivity index (χ2v) is 2.06. The van der Waals surface area contributed by atoms with Crippen molar-refractivity contribution in [3.05, 3.63) is 12.7 Å². The maximum absolute atomic E-state index is 10.1. The van der Waals surface area contributed by atoms with Crippen molar-refractivity contribution in [2.24, 2.45) is 5.92 Å². The van der Waals surface area contributed by atoms with Gasteiger partial charge in [-0.25, -0.2) is 0 Å². The van der Waals surface area contributed by atoms with Crippen LogP contribution in [0, 0.1) is 5.92 Å². The molecule has 0 bridgehead atoms. The van der Waals surface area contributed by atoms with Gasteiger partial charge in [-0.05, 0) is 12.8 Å². The lowest BCUT2D eigenvalue weighted by molar-refractivity contribution is -0.331. The summed E-state index contributed by atoms with van der Waals surface area (Å²) in [4.78, 5) is 20.2. The van der Waals surface area contributed by atoms with Crippen LogP contribution in [0.25, 0.3) is 0 Å². The van der Waals surface area contributed by atoms with Crippen LogP contribution >= 0.6 is 0 Å². The van der Waals surface area contributed by atoms with Crippen molar-refractivity contribution in [3.8, 4) is 0 Å². The van der Waals surface area contributed by atoms with E-state index in [9.17, 15) is 19.8 Å². The van der Waals surface area contributed by atoms with E-state index in [1.54, 1.807) is 0 Å². The fourth-order valence-corrected chi connectivity index (χ4v) is 0.616. The highest BCUT2D eigenvalue weighted by Gasteiger charge is 2.08. The first-order valence-corrected chi connectivity index (χ1v) is 3.12. The molecule has 0 atom stereocenters. The zero-order chi connectivity index (χ0) is 8.85. The summed E-state index contributed by atoms with van der Waals surface area (Å²) < 4.78 is 0. The summed E-state index contributed by atoms with van der Waals surface area (Å²) in [6.07, 6.45) is 1.75. The molecule has 0 saturated heterocycles. The van der Waals surface area contributed by atoms with Crippen LogP contribution in [0.2, 0.25) is 0 Å². The number of allylic oxidation sites excluding steroid dienone is 1. The molecule has 0 fully saturated rings. The van der Waals surface area contributed by atoms with Gasteiger partial charge >= 0.3 is 0 Å². The minimum Gasteiger partial charge on any atom is -0.549 e. The quantitative estimate of drug-likeness (QED) is 0.343. The zero-order valence-electron chi connectivity index (χ0n) is 5.91. The molecule has 0 spiro atoms. The Bertz CT molecular complexity index is 159. The molecule has 0 rings (SSSR count). The van der Waals surface area contributed by atoms with E-state index in [-0.39, 0.29) is 6.42 Å². The molecule has 0 radical (unpaired) electrons. The van der Waals surface area contributed by atoms with Crippen LogP contribution in [-0.4, -0.2) is 11.9 Å². The molecule has 0 N–H and O–H groups in total. The molecule has 0 heterocycles. The minimum atomic E-state index is -1.60. The molecule has 0 aromatic heterocycles. The topological polar surface area (TPSA) is 80.3 Å². The van der Waals surface area contributed by atoms with Gasteiger partial charge in [0.15, 0.2) is 0 Å². The standard InChI is InChI=1S/C7H10O4/c1-2-3-4-5(6(8)9)7(10)11/h2,5H,1,3-4H2,(H,8,9)(H,10,11)/p-2. The Labute approximate surface area is 64.2 Å². The molecule has 0 aliphatic carbocycles. The molecule has 0 amide bonds. The second kappa shape index (κ2) is 4.49. The number of hydrogen-bond donors (Lipinski definition) is 0. The monoisotopic (exact) mass is 156 g/mol. The number of aliphatic carboxylic acids is 2. The fraction of sp³-hybridized carbons (Fsp3) is 0.429. The molecule has 0 aliphatic heterocycles. The van der Waals surface area contributed by atoms with E-state index in [0.29, 0.717) is 6.42 Å². The van der Waals surface area contributed by atoms with Crippen LogP contribution in [0.4, 0.5) is 0 Å².